The van der Waals surface area contributed by atoms with Crippen LogP contribution >= 0.6 is 0 Å². The Labute approximate surface area is 106 Å². The molecule has 0 fully saturated rings. The van der Waals surface area contributed by atoms with E-state index in [2.05, 4.69) is 5.32 Å². The zero-order chi connectivity index (χ0) is 13.0. The summed E-state index contributed by atoms with van der Waals surface area (Å²) >= 11 is 0. The van der Waals surface area contributed by atoms with Gasteiger partial charge in [0.2, 0.25) is 11.8 Å². The zero-order valence-electron chi connectivity index (χ0n) is 10.3. The molecule has 0 aliphatic carbocycles. The van der Waals surface area contributed by atoms with E-state index in [0.29, 0.717) is 19.6 Å². The fourth-order valence-corrected chi connectivity index (χ4v) is 1.93. The Morgan fingerprint density at radius 3 is 2.94 bits per heavy atom. The molecule has 0 spiro atoms. The monoisotopic (exact) mass is 248 g/mol. The number of para-hydroxylation sites is 1. The number of methoxy groups -OCH3 is 1. The van der Waals surface area contributed by atoms with E-state index in [1.54, 1.807) is 12.0 Å². The molecule has 5 heteroatoms. The van der Waals surface area contributed by atoms with Crippen LogP contribution in [0.25, 0.3) is 0 Å². The van der Waals surface area contributed by atoms with Crippen LogP contribution in [0.3, 0.4) is 0 Å². The number of carbonyl (C=O) groups is 2. The van der Waals surface area contributed by atoms with Gasteiger partial charge in [-0.3, -0.25) is 9.59 Å². The first-order chi connectivity index (χ1) is 8.70. The first-order valence-electron chi connectivity index (χ1n) is 5.85. The van der Waals surface area contributed by atoms with Gasteiger partial charge in [-0.25, -0.2) is 0 Å². The molecule has 0 saturated carbocycles. The maximum Gasteiger partial charge on any atom is 0.244 e. The Hall–Kier alpha value is -1.88. The van der Waals surface area contributed by atoms with Gasteiger partial charge < -0.3 is 15.0 Å². The van der Waals surface area contributed by atoms with Crippen molar-refractivity contribution in [2.45, 2.75) is 13.0 Å². The lowest BCUT2D eigenvalue weighted by atomic mass is 10.1. The van der Waals surface area contributed by atoms with Crippen molar-refractivity contribution in [3.8, 4) is 0 Å². The van der Waals surface area contributed by atoms with Gasteiger partial charge in [0.1, 0.15) is 6.54 Å². The third kappa shape index (κ3) is 2.87. The Kier molecular flexibility index (Phi) is 3.94. The van der Waals surface area contributed by atoms with E-state index >= 15 is 0 Å². The number of nitrogens with zero attached hydrogens (tertiary/aromatic N) is 1. The molecule has 0 radical (unpaired) electrons. The van der Waals surface area contributed by atoms with Crippen molar-refractivity contribution in [3.63, 3.8) is 0 Å². The normalized spacial score (nSPS) is 14.7. The van der Waals surface area contributed by atoms with Crippen LogP contribution in [0.1, 0.15) is 12.0 Å². The van der Waals surface area contributed by atoms with E-state index in [1.165, 1.54) is 0 Å². The molecule has 0 aromatic heterocycles. The van der Waals surface area contributed by atoms with Crippen molar-refractivity contribution in [1.82, 2.24) is 4.90 Å². The number of rotatable bonds is 3. The molecule has 0 bridgehead atoms. The van der Waals surface area contributed by atoms with E-state index in [9.17, 15) is 9.59 Å². The van der Waals surface area contributed by atoms with Gasteiger partial charge in [-0.15, -0.1) is 0 Å². The second kappa shape index (κ2) is 5.64. The highest BCUT2D eigenvalue weighted by Gasteiger charge is 2.22. The van der Waals surface area contributed by atoms with Crippen LogP contribution in [0.2, 0.25) is 0 Å². The Morgan fingerprint density at radius 2 is 2.17 bits per heavy atom. The maximum absolute atomic E-state index is 11.9. The van der Waals surface area contributed by atoms with Crippen LogP contribution in [0, 0.1) is 0 Å². The van der Waals surface area contributed by atoms with Crippen LogP contribution in [0.15, 0.2) is 24.3 Å². The lowest BCUT2D eigenvalue weighted by Gasteiger charge is -2.19. The van der Waals surface area contributed by atoms with Crippen molar-refractivity contribution >= 4 is 17.5 Å². The minimum absolute atomic E-state index is 0.0660. The van der Waals surface area contributed by atoms with Gasteiger partial charge in [0.05, 0.1) is 13.0 Å². The molecule has 2 amide bonds. The lowest BCUT2D eigenvalue weighted by molar-refractivity contribution is -0.135. The maximum atomic E-state index is 11.9. The number of hydrogen-bond donors (Lipinski definition) is 1. The van der Waals surface area contributed by atoms with Crippen LogP contribution in [0.5, 0.6) is 0 Å². The third-order valence-corrected chi connectivity index (χ3v) is 2.86. The fourth-order valence-electron chi connectivity index (χ4n) is 1.93. The highest BCUT2D eigenvalue weighted by molar-refractivity contribution is 5.96. The molecular formula is C13H16N2O3. The summed E-state index contributed by atoms with van der Waals surface area (Å²) < 4.78 is 4.88. The second-order valence-corrected chi connectivity index (χ2v) is 4.20. The first kappa shape index (κ1) is 12.6. The molecule has 1 heterocycles. The van der Waals surface area contributed by atoms with Crippen LogP contribution in [0.4, 0.5) is 5.69 Å². The quantitative estimate of drug-likeness (QED) is 0.868. The Morgan fingerprint density at radius 1 is 1.39 bits per heavy atom. The van der Waals surface area contributed by atoms with Crippen molar-refractivity contribution in [2.75, 3.05) is 25.6 Å². The summed E-state index contributed by atoms with van der Waals surface area (Å²) in [6, 6.07) is 7.52. The summed E-state index contributed by atoms with van der Waals surface area (Å²) in [6.07, 6.45) is 0.298. The van der Waals surface area contributed by atoms with E-state index < -0.39 is 0 Å². The summed E-state index contributed by atoms with van der Waals surface area (Å²) in [7, 11) is 1.55. The lowest BCUT2D eigenvalue weighted by Crippen LogP contribution is -2.35. The molecule has 1 aliphatic rings. The number of fused-ring (bicyclic) bond motifs is 1. The smallest absolute Gasteiger partial charge is 0.244 e. The number of ether oxygens (including phenoxy) is 1. The molecule has 2 rings (SSSR count). The molecule has 1 N–H and O–H groups in total. The van der Waals surface area contributed by atoms with Gasteiger partial charge in [-0.2, -0.15) is 0 Å². The number of carbonyl (C=O) groups excluding carboxylic acids is 2. The number of hydrogen-bond acceptors (Lipinski definition) is 3. The Bertz CT molecular complexity index is 459. The summed E-state index contributed by atoms with van der Waals surface area (Å²) in [6.45, 7) is 0.924. The average Bonchev–Trinajstić information content (AvgIpc) is 2.53. The molecule has 0 atom stereocenters. The highest BCUT2D eigenvalue weighted by Crippen LogP contribution is 2.20. The minimum atomic E-state index is -0.161. The predicted octanol–water partition coefficient (Wildman–Crippen LogP) is 1.00. The molecule has 1 aromatic rings. The van der Waals surface area contributed by atoms with Crippen molar-refractivity contribution in [1.29, 1.82) is 0 Å². The summed E-state index contributed by atoms with van der Waals surface area (Å²) in [5.41, 5.74) is 1.73. The number of anilines is 1. The zero-order valence-corrected chi connectivity index (χ0v) is 10.3. The molecule has 18 heavy (non-hydrogen) atoms. The van der Waals surface area contributed by atoms with Gasteiger partial charge >= 0.3 is 0 Å². The van der Waals surface area contributed by atoms with E-state index in [0.717, 1.165) is 11.3 Å². The van der Waals surface area contributed by atoms with Gasteiger partial charge in [0.25, 0.3) is 0 Å². The molecule has 0 unspecified atom stereocenters. The number of amides is 2. The molecule has 5 nitrogen and oxygen atoms in total. The molecular weight excluding hydrogens is 232 g/mol. The summed E-state index contributed by atoms with van der Waals surface area (Å²) in [5.74, 6) is -0.227. The Balaban J connectivity index is 2.15. The van der Waals surface area contributed by atoms with Gasteiger partial charge in [0.15, 0.2) is 0 Å². The minimum Gasteiger partial charge on any atom is -0.384 e. The molecule has 1 aromatic carbocycles. The molecule has 0 saturated heterocycles. The molecule has 1 aliphatic heterocycles. The van der Waals surface area contributed by atoms with Crippen LogP contribution in [-0.2, 0) is 20.9 Å². The van der Waals surface area contributed by atoms with Gasteiger partial charge in [0, 0.05) is 19.3 Å². The topological polar surface area (TPSA) is 58.6 Å². The van der Waals surface area contributed by atoms with E-state index in [4.69, 9.17) is 4.74 Å². The summed E-state index contributed by atoms with van der Waals surface area (Å²) in [5, 5.41) is 2.80. The van der Waals surface area contributed by atoms with E-state index in [-0.39, 0.29) is 18.4 Å². The number of benzene rings is 1. The SMILES string of the molecule is COCCC(=O)N1CC(=O)Nc2ccccc2C1. The van der Waals surface area contributed by atoms with Crippen molar-refractivity contribution in [2.24, 2.45) is 0 Å². The largest absolute Gasteiger partial charge is 0.384 e. The van der Waals surface area contributed by atoms with Gasteiger partial charge in [-0.05, 0) is 11.6 Å². The summed E-state index contributed by atoms with van der Waals surface area (Å²) in [4.78, 5) is 25.2. The van der Waals surface area contributed by atoms with Crippen molar-refractivity contribution < 1.29 is 14.3 Å². The predicted molar refractivity (Wildman–Crippen MR) is 67.0 cm³/mol. The standard InChI is InChI=1S/C13H16N2O3/c1-18-7-6-13(17)15-8-10-4-2-3-5-11(10)14-12(16)9-15/h2-5H,6-9H2,1H3,(H,14,16). The fraction of sp³-hybridized carbons (Fsp3) is 0.385. The van der Waals surface area contributed by atoms with Crippen LogP contribution in [-0.4, -0.2) is 37.0 Å². The first-order valence-corrected chi connectivity index (χ1v) is 5.85. The second-order valence-electron chi connectivity index (χ2n) is 4.20. The number of nitrogens with one attached hydrogen (secondary N) is 1. The van der Waals surface area contributed by atoms with Crippen LogP contribution < -0.4 is 5.32 Å². The third-order valence-electron chi connectivity index (χ3n) is 2.86. The highest BCUT2D eigenvalue weighted by atomic mass is 16.5. The van der Waals surface area contributed by atoms with E-state index in [1.807, 2.05) is 24.3 Å². The molecule has 96 valence electrons. The van der Waals surface area contributed by atoms with Gasteiger partial charge in [-0.1, -0.05) is 18.2 Å². The van der Waals surface area contributed by atoms with Crippen molar-refractivity contribution in [3.05, 3.63) is 29.8 Å². The average molecular weight is 248 g/mol.